The van der Waals surface area contributed by atoms with E-state index in [-0.39, 0.29) is 11.1 Å². The van der Waals surface area contributed by atoms with Crippen LogP contribution in [-0.4, -0.2) is 22.2 Å². The second-order valence-electron chi connectivity index (χ2n) is 2.48. The molecule has 0 atom stereocenters. The maximum atomic E-state index is 10.6. The highest BCUT2D eigenvalue weighted by atomic mass is 16.4. The van der Waals surface area contributed by atoms with Crippen molar-refractivity contribution in [1.82, 2.24) is 0 Å². The van der Waals surface area contributed by atoms with Gasteiger partial charge in [0.15, 0.2) is 5.56 Å². The summed E-state index contributed by atoms with van der Waals surface area (Å²) in [6, 6.07) is 3.77. The molecule has 2 N–H and O–H groups in total. The molecule has 1 aromatic rings. The maximum Gasteiger partial charge on any atom is 0.394 e. The zero-order chi connectivity index (χ0) is 10.0. The molecular weight excluding hydrogens is 172 g/mol. The average Bonchev–Trinajstić information content (AvgIpc) is 2.04. The number of carboxylic acid groups (broad SMARTS) is 2. The van der Waals surface area contributed by atoms with Gasteiger partial charge < -0.3 is 10.2 Å². The molecule has 66 valence electrons. The second kappa shape index (κ2) is 3.18. The molecule has 4 heteroatoms. The van der Waals surface area contributed by atoms with Gasteiger partial charge in [0.25, 0.3) is 0 Å². The van der Waals surface area contributed by atoms with Crippen molar-refractivity contribution in [2.75, 3.05) is 0 Å². The zero-order valence-corrected chi connectivity index (χ0v) is 6.65. The number of aromatic carboxylic acids is 2. The molecule has 13 heavy (non-hydrogen) atoms. The summed E-state index contributed by atoms with van der Waals surface area (Å²) in [5, 5.41) is 17.2. The molecule has 0 amide bonds. The smallest absolute Gasteiger partial charge is 0.394 e. The van der Waals surface area contributed by atoms with E-state index in [1.807, 2.05) is 0 Å². The Bertz CT molecular complexity index is 368. The number of benzene rings is 1. The maximum absolute atomic E-state index is 10.6. The van der Waals surface area contributed by atoms with E-state index < -0.39 is 11.9 Å². The van der Waals surface area contributed by atoms with Crippen LogP contribution < -0.4 is 0 Å². The van der Waals surface area contributed by atoms with Crippen molar-refractivity contribution in [3.05, 3.63) is 41.8 Å². The second-order valence-corrected chi connectivity index (χ2v) is 2.48. The van der Waals surface area contributed by atoms with E-state index in [0.29, 0.717) is 5.56 Å². The summed E-state index contributed by atoms with van der Waals surface area (Å²) >= 11 is 0. The first-order chi connectivity index (χ1) is 6.02. The van der Waals surface area contributed by atoms with Gasteiger partial charge in [-0.15, -0.1) is 0 Å². The van der Waals surface area contributed by atoms with Crippen molar-refractivity contribution in [1.29, 1.82) is 0 Å². The van der Waals surface area contributed by atoms with Crippen LogP contribution in [0.15, 0.2) is 18.2 Å². The Morgan fingerprint density at radius 1 is 1.15 bits per heavy atom. The molecule has 0 unspecified atom stereocenters. The molecule has 0 spiro atoms. The molecule has 4 nitrogen and oxygen atoms in total. The molecule has 1 aromatic carbocycles. The third-order valence-electron chi connectivity index (χ3n) is 1.59. The van der Waals surface area contributed by atoms with E-state index in [1.165, 1.54) is 12.1 Å². The zero-order valence-electron chi connectivity index (χ0n) is 6.65. The minimum Gasteiger partial charge on any atom is -0.478 e. The van der Waals surface area contributed by atoms with E-state index in [0.717, 1.165) is 6.07 Å². The summed E-state index contributed by atoms with van der Waals surface area (Å²) in [7, 11) is 0. The third kappa shape index (κ3) is 1.79. The minimum atomic E-state index is -1.17. The predicted molar refractivity (Wildman–Crippen MR) is 44.8 cm³/mol. The topological polar surface area (TPSA) is 74.6 Å². The first-order valence-corrected chi connectivity index (χ1v) is 3.45. The van der Waals surface area contributed by atoms with Crippen LogP contribution in [0.1, 0.15) is 26.3 Å². The van der Waals surface area contributed by atoms with Gasteiger partial charge in [0.1, 0.15) is 5.56 Å². The lowest BCUT2D eigenvalue weighted by molar-refractivity contribution is 0.0695. The highest BCUT2D eigenvalue weighted by Crippen LogP contribution is 2.10. The monoisotopic (exact) mass is 179 g/mol. The molecule has 0 heterocycles. The Hall–Kier alpha value is -1.97. The highest BCUT2D eigenvalue weighted by molar-refractivity contribution is 5.95. The van der Waals surface area contributed by atoms with Gasteiger partial charge in [-0.05, 0) is 0 Å². The fraction of sp³-hybridized carbons (Fsp3) is 0. The molecule has 0 aliphatic carbocycles. The average molecular weight is 179 g/mol. The fourth-order valence-corrected chi connectivity index (χ4v) is 0.909. The van der Waals surface area contributed by atoms with Gasteiger partial charge in [0.05, 0.1) is 5.56 Å². The molecule has 0 bridgehead atoms. The van der Waals surface area contributed by atoms with Crippen LogP contribution in [0.2, 0.25) is 0 Å². The highest BCUT2D eigenvalue weighted by Gasteiger charge is 2.17. The molecule has 0 aliphatic rings. The summed E-state index contributed by atoms with van der Waals surface area (Å²) < 4.78 is 0. The summed E-state index contributed by atoms with van der Waals surface area (Å²) in [4.78, 5) is 21.0. The Balaban J connectivity index is 3.27. The number of rotatable bonds is 2. The molecule has 0 saturated heterocycles. The van der Waals surface area contributed by atoms with Crippen LogP contribution >= 0.6 is 0 Å². The van der Waals surface area contributed by atoms with Gasteiger partial charge in [-0.2, -0.15) is 0 Å². The number of carboxylic acids is 2. The predicted octanol–water partition coefficient (Wildman–Crippen LogP) is 1.27. The Kier molecular flexibility index (Phi) is 2.23. The molecule has 0 radical (unpaired) electrons. The molecule has 1 rings (SSSR count). The molecule has 0 aliphatic heterocycles. The van der Waals surface area contributed by atoms with Crippen LogP contribution in [0, 0.1) is 6.92 Å². The van der Waals surface area contributed by atoms with E-state index in [4.69, 9.17) is 10.2 Å². The van der Waals surface area contributed by atoms with E-state index in [2.05, 4.69) is 6.92 Å². The lowest BCUT2D eigenvalue weighted by Gasteiger charge is -1.93. The number of hydrogen-bond acceptors (Lipinski definition) is 2. The van der Waals surface area contributed by atoms with Crippen molar-refractivity contribution in [2.45, 2.75) is 0 Å². The first kappa shape index (κ1) is 9.12. The summed E-state index contributed by atoms with van der Waals surface area (Å²) in [6.45, 7) is 3.47. The molecular formula is C9H7O4+. The lowest BCUT2D eigenvalue weighted by atomic mass is 10.1. The Labute approximate surface area is 74.4 Å². The summed E-state index contributed by atoms with van der Waals surface area (Å²) in [6.07, 6.45) is 0. The van der Waals surface area contributed by atoms with Gasteiger partial charge in [-0.1, -0.05) is 0 Å². The van der Waals surface area contributed by atoms with Crippen molar-refractivity contribution < 1.29 is 19.8 Å². The third-order valence-corrected chi connectivity index (χ3v) is 1.59. The normalized spacial score (nSPS) is 9.54. The number of hydrogen-bond donors (Lipinski definition) is 2. The van der Waals surface area contributed by atoms with Crippen molar-refractivity contribution in [2.24, 2.45) is 0 Å². The van der Waals surface area contributed by atoms with Crippen LogP contribution in [-0.2, 0) is 0 Å². The van der Waals surface area contributed by atoms with E-state index in [9.17, 15) is 9.59 Å². The van der Waals surface area contributed by atoms with Crippen LogP contribution in [0.5, 0.6) is 0 Å². The van der Waals surface area contributed by atoms with Gasteiger partial charge in [0, 0.05) is 25.1 Å². The molecule has 0 aromatic heterocycles. The van der Waals surface area contributed by atoms with Crippen molar-refractivity contribution in [3.63, 3.8) is 0 Å². The fourth-order valence-electron chi connectivity index (χ4n) is 0.909. The SMILES string of the molecule is [CH2+]c1ccc(C(=O)O)cc1C(=O)O. The largest absolute Gasteiger partial charge is 0.478 e. The molecule has 0 saturated carbocycles. The molecule has 0 fully saturated rings. The van der Waals surface area contributed by atoms with Crippen LogP contribution in [0.25, 0.3) is 0 Å². The van der Waals surface area contributed by atoms with E-state index >= 15 is 0 Å². The number of carbonyl (C=O) groups is 2. The van der Waals surface area contributed by atoms with Gasteiger partial charge >= 0.3 is 11.9 Å². The first-order valence-electron chi connectivity index (χ1n) is 3.45. The van der Waals surface area contributed by atoms with Gasteiger partial charge in [-0.3, -0.25) is 0 Å². The Morgan fingerprint density at radius 3 is 2.23 bits per heavy atom. The van der Waals surface area contributed by atoms with E-state index in [1.54, 1.807) is 0 Å². The lowest BCUT2D eigenvalue weighted by Crippen LogP contribution is -2.03. The quantitative estimate of drug-likeness (QED) is 0.670. The Morgan fingerprint density at radius 2 is 1.77 bits per heavy atom. The standard InChI is InChI=1S/C9H6O4/c1-5-2-3-6(8(10)11)4-7(5)9(12)13/h2-4H,1H2,(H-,10,11,12,13)/p+1. The van der Waals surface area contributed by atoms with Crippen LogP contribution in [0.4, 0.5) is 0 Å². The van der Waals surface area contributed by atoms with Crippen molar-refractivity contribution >= 4 is 11.9 Å². The van der Waals surface area contributed by atoms with Gasteiger partial charge in [0.2, 0.25) is 0 Å². The van der Waals surface area contributed by atoms with Gasteiger partial charge in [-0.25, -0.2) is 9.59 Å². The summed E-state index contributed by atoms with van der Waals surface area (Å²) in [5.41, 5.74) is 0.169. The van der Waals surface area contributed by atoms with Crippen molar-refractivity contribution in [3.8, 4) is 0 Å². The van der Waals surface area contributed by atoms with Crippen LogP contribution in [0.3, 0.4) is 0 Å². The summed E-state index contributed by atoms with van der Waals surface area (Å²) in [5.74, 6) is -2.32. The minimum absolute atomic E-state index is 0.0511.